The molecule has 1 saturated carbocycles. The van der Waals surface area contributed by atoms with Gasteiger partial charge in [-0.1, -0.05) is 32.9 Å². The molecule has 2 aromatic carbocycles. The summed E-state index contributed by atoms with van der Waals surface area (Å²) < 4.78 is 0. The first-order valence-electron chi connectivity index (χ1n) is 9.80. The van der Waals surface area contributed by atoms with E-state index in [2.05, 4.69) is 38.2 Å². The number of hydrogen-bond donors (Lipinski definition) is 3. The third kappa shape index (κ3) is 4.62. The van der Waals surface area contributed by atoms with Gasteiger partial charge in [-0.2, -0.15) is 0 Å². The Hall–Kier alpha value is -2.49. The molecule has 0 heterocycles. The molecule has 2 aromatic rings. The highest BCUT2D eigenvalue weighted by Crippen LogP contribution is 2.43. The van der Waals surface area contributed by atoms with Gasteiger partial charge in [0.25, 0.3) is 5.91 Å². The van der Waals surface area contributed by atoms with E-state index in [9.17, 15) is 4.79 Å². The summed E-state index contributed by atoms with van der Waals surface area (Å²) in [5.41, 5.74) is 15.6. The van der Waals surface area contributed by atoms with E-state index in [-0.39, 0.29) is 5.91 Å². The summed E-state index contributed by atoms with van der Waals surface area (Å²) >= 11 is 0. The number of hydrogen-bond acceptors (Lipinski definition) is 3. The van der Waals surface area contributed by atoms with Gasteiger partial charge in [0, 0.05) is 11.3 Å². The number of carbonyl (C=O) groups excluding carboxylic acids is 1. The maximum atomic E-state index is 12.5. The number of rotatable bonds is 3. The Labute approximate surface area is 162 Å². The van der Waals surface area contributed by atoms with Crippen LogP contribution in [0, 0.1) is 11.3 Å². The highest BCUT2D eigenvalue weighted by molar-refractivity contribution is 6.05. The number of nitrogen functional groups attached to an aromatic ring is 2. The quantitative estimate of drug-likeness (QED) is 0.635. The normalized spacial score (nSPS) is 20.3. The zero-order valence-corrected chi connectivity index (χ0v) is 16.6. The molecule has 0 saturated heterocycles. The van der Waals surface area contributed by atoms with Gasteiger partial charge < -0.3 is 16.8 Å². The van der Waals surface area contributed by atoms with Crippen molar-refractivity contribution in [1.82, 2.24) is 0 Å². The van der Waals surface area contributed by atoms with Crippen LogP contribution < -0.4 is 16.8 Å². The molecule has 1 aliphatic carbocycles. The predicted molar refractivity (Wildman–Crippen MR) is 114 cm³/mol. The van der Waals surface area contributed by atoms with Gasteiger partial charge in [-0.25, -0.2) is 0 Å². The molecule has 1 aliphatic rings. The van der Waals surface area contributed by atoms with Crippen LogP contribution in [0.3, 0.4) is 0 Å². The maximum Gasteiger partial charge on any atom is 0.255 e. The van der Waals surface area contributed by atoms with E-state index in [0.29, 0.717) is 34.0 Å². The van der Waals surface area contributed by atoms with E-state index < -0.39 is 0 Å². The van der Waals surface area contributed by atoms with Gasteiger partial charge in [-0.15, -0.1) is 0 Å². The van der Waals surface area contributed by atoms with Crippen LogP contribution in [0.25, 0.3) is 0 Å². The number of benzene rings is 2. The van der Waals surface area contributed by atoms with Gasteiger partial charge >= 0.3 is 0 Å². The summed E-state index contributed by atoms with van der Waals surface area (Å²) in [5.74, 6) is 1.26. The van der Waals surface area contributed by atoms with E-state index in [1.165, 1.54) is 31.2 Å². The minimum Gasteiger partial charge on any atom is -0.399 e. The Balaban J connectivity index is 1.62. The average Bonchev–Trinajstić information content (AvgIpc) is 2.63. The molecule has 27 heavy (non-hydrogen) atoms. The number of carbonyl (C=O) groups is 1. The van der Waals surface area contributed by atoms with E-state index in [0.717, 1.165) is 5.92 Å². The second-order valence-electron chi connectivity index (χ2n) is 8.84. The van der Waals surface area contributed by atoms with Crippen molar-refractivity contribution in [3.63, 3.8) is 0 Å². The van der Waals surface area contributed by atoms with Crippen LogP contribution in [0.1, 0.15) is 68.3 Å². The van der Waals surface area contributed by atoms with Crippen molar-refractivity contribution in [2.45, 2.75) is 52.4 Å². The lowest BCUT2D eigenvalue weighted by molar-refractivity contribution is 0.102. The molecular weight excluding hydrogens is 334 g/mol. The molecule has 0 radical (unpaired) electrons. The molecule has 0 atom stereocenters. The first-order chi connectivity index (χ1) is 12.7. The first kappa shape index (κ1) is 19.3. The first-order valence-corrected chi connectivity index (χ1v) is 9.80. The van der Waals surface area contributed by atoms with Crippen LogP contribution in [0.5, 0.6) is 0 Å². The summed E-state index contributed by atoms with van der Waals surface area (Å²) in [4.78, 5) is 12.5. The lowest BCUT2D eigenvalue weighted by Crippen LogP contribution is -2.25. The number of amides is 1. The van der Waals surface area contributed by atoms with Crippen molar-refractivity contribution in [3.05, 3.63) is 53.6 Å². The lowest BCUT2D eigenvalue weighted by Gasteiger charge is -2.37. The number of nitrogens with two attached hydrogens (primary N) is 2. The average molecular weight is 366 g/mol. The minimum absolute atomic E-state index is 0.158. The summed E-state index contributed by atoms with van der Waals surface area (Å²) in [6.07, 6.45) is 5.03. The van der Waals surface area contributed by atoms with E-state index in [1.807, 2.05) is 12.1 Å². The molecule has 0 unspecified atom stereocenters. The van der Waals surface area contributed by atoms with Crippen LogP contribution in [-0.2, 0) is 0 Å². The van der Waals surface area contributed by atoms with Gasteiger partial charge in [0.05, 0.1) is 11.4 Å². The van der Waals surface area contributed by atoms with Crippen LogP contribution >= 0.6 is 0 Å². The minimum atomic E-state index is -0.158. The fourth-order valence-electron chi connectivity index (χ4n) is 4.09. The zero-order chi connectivity index (χ0) is 19.6. The third-order valence-corrected chi connectivity index (χ3v) is 5.92. The largest absolute Gasteiger partial charge is 0.399 e. The zero-order valence-electron chi connectivity index (χ0n) is 16.6. The fraction of sp³-hybridized carbons (Fsp3) is 0.435. The van der Waals surface area contributed by atoms with E-state index in [4.69, 9.17) is 11.5 Å². The Morgan fingerprint density at radius 2 is 1.59 bits per heavy atom. The summed E-state index contributed by atoms with van der Waals surface area (Å²) in [6, 6.07) is 13.1. The second kappa shape index (κ2) is 7.63. The third-order valence-electron chi connectivity index (χ3n) is 5.92. The van der Waals surface area contributed by atoms with Crippen molar-refractivity contribution in [1.29, 1.82) is 0 Å². The van der Waals surface area contributed by atoms with Crippen molar-refractivity contribution in [2.24, 2.45) is 11.3 Å². The van der Waals surface area contributed by atoms with Gasteiger partial charge in [0.1, 0.15) is 0 Å². The fourth-order valence-corrected chi connectivity index (χ4v) is 4.09. The molecule has 3 rings (SSSR count). The van der Waals surface area contributed by atoms with Crippen LogP contribution in [0.4, 0.5) is 17.1 Å². The van der Waals surface area contributed by atoms with Crippen LogP contribution in [-0.4, -0.2) is 5.91 Å². The van der Waals surface area contributed by atoms with Crippen molar-refractivity contribution in [3.8, 4) is 0 Å². The predicted octanol–water partition coefficient (Wildman–Crippen LogP) is 5.42. The summed E-state index contributed by atoms with van der Waals surface area (Å²) in [5, 5.41) is 2.86. The number of anilines is 3. The molecule has 5 N–H and O–H groups in total. The van der Waals surface area contributed by atoms with Crippen molar-refractivity contribution < 1.29 is 4.79 Å². The Kier molecular flexibility index (Phi) is 5.45. The standard InChI is InChI=1S/C23H31N3O/c1-23(2,3)18-10-8-16(9-11-18)15-4-6-17(7-5-15)22(27)26-21-13-12-19(24)14-20(21)25/h4-7,12-14,16,18H,8-11,24-25H2,1-3H3,(H,26,27). The van der Waals surface area contributed by atoms with Gasteiger partial charge in [0.2, 0.25) is 0 Å². The van der Waals surface area contributed by atoms with Gasteiger partial charge in [-0.05, 0) is 78.8 Å². The molecule has 0 bridgehead atoms. The Morgan fingerprint density at radius 1 is 0.963 bits per heavy atom. The van der Waals surface area contributed by atoms with Crippen LogP contribution in [0.2, 0.25) is 0 Å². The SMILES string of the molecule is CC(C)(C)C1CCC(c2ccc(C(=O)Nc3ccc(N)cc3N)cc2)CC1. The molecule has 4 heteroatoms. The highest BCUT2D eigenvalue weighted by Gasteiger charge is 2.30. The van der Waals surface area contributed by atoms with Gasteiger partial charge in [-0.3, -0.25) is 4.79 Å². The molecule has 0 aromatic heterocycles. The highest BCUT2D eigenvalue weighted by atomic mass is 16.1. The molecule has 1 fully saturated rings. The second-order valence-corrected chi connectivity index (χ2v) is 8.84. The van der Waals surface area contributed by atoms with E-state index in [1.54, 1.807) is 18.2 Å². The van der Waals surface area contributed by atoms with Crippen molar-refractivity contribution >= 4 is 23.0 Å². The molecule has 0 aliphatic heterocycles. The van der Waals surface area contributed by atoms with Crippen molar-refractivity contribution in [2.75, 3.05) is 16.8 Å². The Bertz CT molecular complexity index is 797. The lowest BCUT2D eigenvalue weighted by atomic mass is 9.68. The van der Waals surface area contributed by atoms with E-state index >= 15 is 0 Å². The maximum absolute atomic E-state index is 12.5. The van der Waals surface area contributed by atoms with Gasteiger partial charge in [0.15, 0.2) is 0 Å². The molecule has 144 valence electrons. The topological polar surface area (TPSA) is 81.1 Å². The summed E-state index contributed by atoms with van der Waals surface area (Å²) in [6.45, 7) is 7.04. The number of nitrogens with one attached hydrogen (secondary N) is 1. The van der Waals surface area contributed by atoms with Crippen LogP contribution in [0.15, 0.2) is 42.5 Å². The summed E-state index contributed by atoms with van der Waals surface area (Å²) in [7, 11) is 0. The molecular formula is C23H31N3O. The molecule has 1 amide bonds. The smallest absolute Gasteiger partial charge is 0.255 e. The monoisotopic (exact) mass is 365 g/mol. The molecule has 0 spiro atoms. The Morgan fingerprint density at radius 3 is 2.15 bits per heavy atom. The molecule has 4 nitrogen and oxygen atoms in total.